The van der Waals surface area contributed by atoms with Crippen molar-refractivity contribution in [2.45, 2.75) is 45.8 Å². The van der Waals surface area contributed by atoms with Gasteiger partial charge in [-0.05, 0) is 24.8 Å². The van der Waals surface area contributed by atoms with Crippen LogP contribution in [0.15, 0.2) is 30.5 Å². The maximum absolute atomic E-state index is 12.6. The summed E-state index contributed by atoms with van der Waals surface area (Å²) in [5, 5.41) is 4.50. The number of ether oxygens (including phenoxy) is 1. The highest BCUT2D eigenvalue weighted by Gasteiger charge is 2.31. The van der Waals surface area contributed by atoms with Crippen LogP contribution in [0, 0.1) is 6.92 Å². The Morgan fingerprint density at radius 1 is 1.38 bits per heavy atom. The van der Waals surface area contributed by atoms with E-state index in [1.165, 1.54) is 0 Å². The molecule has 26 heavy (non-hydrogen) atoms. The van der Waals surface area contributed by atoms with E-state index >= 15 is 0 Å². The molecule has 1 aromatic carbocycles. The van der Waals surface area contributed by atoms with E-state index in [9.17, 15) is 13.2 Å². The van der Waals surface area contributed by atoms with Crippen molar-refractivity contribution in [1.29, 1.82) is 0 Å². The molecule has 1 aliphatic heterocycles. The van der Waals surface area contributed by atoms with Crippen molar-refractivity contribution in [3.8, 4) is 0 Å². The maximum atomic E-state index is 12.6. The van der Waals surface area contributed by atoms with Gasteiger partial charge in [0.15, 0.2) is 9.84 Å². The predicted octanol–water partition coefficient (Wildman–Crippen LogP) is 3.03. The van der Waals surface area contributed by atoms with Crippen LogP contribution in [0.25, 0.3) is 0 Å². The van der Waals surface area contributed by atoms with Gasteiger partial charge < -0.3 is 4.74 Å². The molecule has 3 rings (SSSR count). The molecule has 0 amide bonds. The van der Waals surface area contributed by atoms with E-state index in [0.717, 1.165) is 11.1 Å². The zero-order valence-electron chi connectivity index (χ0n) is 15.3. The van der Waals surface area contributed by atoms with Gasteiger partial charge >= 0.3 is 5.97 Å². The number of rotatable bonds is 5. The van der Waals surface area contributed by atoms with Crippen LogP contribution in [-0.2, 0) is 21.2 Å². The Kier molecular flexibility index (Phi) is 5.18. The first-order valence-electron chi connectivity index (χ1n) is 8.77. The average molecular weight is 376 g/mol. The van der Waals surface area contributed by atoms with E-state index in [1.54, 1.807) is 10.9 Å². The first kappa shape index (κ1) is 18.6. The summed E-state index contributed by atoms with van der Waals surface area (Å²) in [4.78, 5) is 12.6. The van der Waals surface area contributed by atoms with Gasteiger partial charge in [0, 0.05) is 6.20 Å². The number of hydrogen-bond acceptors (Lipinski definition) is 5. The van der Waals surface area contributed by atoms with E-state index < -0.39 is 15.8 Å². The van der Waals surface area contributed by atoms with E-state index in [1.807, 2.05) is 45.0 Å². The minimum Gasteiger partial charge on any atom is -0.457 e. The van der Waals surface area contributed by atoms with E-state index in [4.69, 9.17) is 4.74 Å². The molecule has 0 saturated carbocycles. The first-order valence-corrected chi connectivity index (χ1v) is 10.6. The Morgan fingerprint density at radius 3 is 2.77 bits per heavy atom. The standard InChI is InChI=1S/C19H24N2O4S/c1-13(2)18-17(10-21(20-18)16-7-8-26(23,24)12-16)19(22)25-11-15-6-4-5-14(3)9-15/h4-6,9-10,13,16H,7-8,11-12H2,1-3H3. The molecule has 2 aromatic rings. The molecule has 6 nitrogen and oxygen atoms in total. The fourth-order valence-electron chi connectivity index (χ4n) is 3.19. The first-order chi connectivity index (χ1) is 12.2. The highest BCUT2D eigenvalue weighted by Crippen LogP contribution is 2.27. The van der Waals surface area contributed by atoms with Crippen molar-refractivity contribution in [2.75, 3.05) is 11.5 Å². The molecule has 1 fully saturated rings. The molecule has 1 aromatic heterocycles. The van der Waals surface area contributed by atoms with Gasteiger partial charge in [-0.3, -0.25) is 4.68 Å². The summed E-state index contributed by atoms with van der Waals surface area (Å²) >= 11 is 0. The molecule has 1 atom stereocenters. The molecular formula is C19H24N2O4S. The quantitative estimate of drug-likeness (QED) is 0.750. The Labute approximate surface area is 154 Å². The van der Waals surface area contributed by atoms with E-state index in [2.05, 4.69) is 5.10 Å². The normalized spacial score (nSPS) is 19.0. The molecule has 1 aliphatic rings. The van der Waals surface area contributed by atoms with Crippen LogP contribution in [0.2, 0.25) is 0 Å². The topological polar surface area (TPSA) is 78.3 Å². The van der Waals surface area contributed by atoms with Gasteiger partial charge in [-0.2, -0.15) is 5.10 Å². The number of aromatic nitrogens is 2. The second-order valence-electron chi connectivity index (χ2n) is 7.18. The molecule has 1 unspecified atom stereocenters. The molecule has 7 heteroatoms. The van der Waals surface area contributed by atoms with Gasteiger partial charge in [-0.15, -0.1) is 0 Å². The van der Waals surface area contributed by atoms with Gasteiger partial charge in [0.25, 0.3) is 0 Å². The molecule has 0 radical (unpaired) electrons. The monoisotopic (exact) mass is 376 g/mol. The lowest BCUT2D eigenvalue weighted by atomic mass is 10.1. The van der Waals surface area contributed by atoms with Gasteiger partial charge in [0.1, 0.15) is 12.2 Å². The third kappa shape index (κ3) is 4.15. The summed E-state index contributed by atoms with van der Waals surface area (Å²) in [5.74, 6) is -0.149. The molecule has 0 aliphatic carbocycles. The van der Waals surface area contributed by atoms with Gasteiger partial charge in [-0.25, -0.2) is 13.2 Å². The van der Waals surface area contributed by atoms with E-state index in [-0.39, 0.29) is 30.1 Å². The van der Waals surface area contributed by atoms with Crippen LogP contribution in [-0.4, -0.2) is 35.7 Å². The molecule has 140 valence electrons. The summed E-state index contributed by atoms with van der Waals surface area (Å²) in [6.45, 7) is 6.09. The Hall–Kier alpha value is -2.15. The fraction of sp³-hybridized carbons (Fsp3) is 0.474. The predicted molar refractivity (Wildman–Crippen MR) is 98.9 cm³/mol. The highest BCUT2D eigenvalue weighted by molar-refractivity contribution is 7.91. The van der Waals surface area contributed by atoms with Crippen LogP contribution in [0.1, 0.15) is 59.4 Å². The van der Waals surface area contributed by atoms with Crippen LogP contribution < -0.4 is 0 Å². The van der Waals surface area contributed by atoms with Gasteiger partial charge in [0.2, 0.25) is 0 Å². The lowest BCUT2D eigenvalue weighted by Gasteiger charge is -2.07. The second kappa shape index (κ2) is 7.23. The van der Waals surface area contributed by atoms with Crippen LogP contribution in [0.4, 0.5) is 0 Å². The third-order valence-electron chi connectivity index (χ3n) is 4.56. The van der Waals surface area contributed by atoms with Crippen molar-refractivity contribution in [3.05, 3.63) is 52.8 Å². The summed E-state index contributed by atoms with van der Waals surface area (Å²) in [5.41, 5.74) is 3.09. The number of nitrogens with zero attached hydrogens (tertiary/aromatic N) is 2. The summed E-state index contributed by atoms with van der Waals surface area (Å²) in [6, 6.07) is 7.59. The second-order valence-corrected chi connectivity index (χ2v) is 9.41. The number of aryl methyl sites for hydroxylation is 1. The zero-order valence-corrected chi connectivity index (χ0v) is 16.1. The Morgan fingerprint density at radius 2 is 2.15 bits per heavy atom. The molecule has 1 saturated heterocycles. The molecule has 0 spiro atoms. The minimum absolute atomic E-state index is 0.0378. The van der Waals surface area contributed by atoms with Gasteiger partial charge in [-0.1, -0.05) is 43.7 Å². The lowest BCUT2D eigenvalue weighted by Crippen LogP contribution is -2.12. The molecule has 0 N–H and O–H groups in total. The summed E-state index contributed by atoms with van der Waals surface area (Å²) in [7, 11) is -3.02. The number of carbonyl (C=O) groups is 1. The fourth-order valence-corrected chi connectivity index (χ4v) is 4.89. The minimum atomic E-state index is -3.02. The van der Waals surface area contributed by atoms with Crippen LogP contribution >= 0.6 is 0 Å². The Bertz CT molecular complexity index is 915. The van der Waals surface area contributed by atoms with E-state index in [0.29, 0.717) is 17.7 Å². The van der Waals surface area contributed by atoms with Crippen molar-refractivity contribution < 1.29 is 17.9 Å². The summed E-state index contributed by atoms with van der Waals surface area (Å²) < 4.78 is 30.6. The number of hydrogen-bond donors (Lipinski definition) is 0. The Balaban J connectivity index is 1.78. The van der Waals surface area contributed by atoms with Crippen molar-refractivity contribution in [2.24, 2.45) is 0 Å². The SMILES string of the molecule is Cc1cccc(COC(=O)c2cn(C3CCS(=O)(=O)C3)nc2C(C)C)c1. The number of sulfone groups is 1. The van der Waals surface area contributed by atoms with Crippen molar-refractivity contribution in [3.63, 3.8) is 0 Å². The van der Waals surface area contributed by atoms with Gasteiger partial charge in [0.05, 0.1) is 23.2 Å². The van der Waals surface area contributed by atoms with Crippen LogP contribution in [0.3, 0.4) is 0 Å². The lowest BCUT2D eigenvalue weighted by molar-refractivity contribution is 0.0470. The third-order valence-corrected chi connectivity index (χ3v) is 6.31. The smallest absolute Gasteiger partial charge is 0.341 e. The zero-order chi connectivity index (χ0) is 18.9. The maximum Gasteiger partial charge on any atom is 0.341 e. The van der Waals surface area contributed by atoms with Crippen molar-refractivity contribution in [1.82, 2.24) is 9.78 Å². The largest absolute Gasteiger partial charge is 0.457 e. The summed E-state index contributed by atoms with van der Waals surface area (Å²) in [6.07, 6.45) is 2.17. The van der Waals surface area contributed by atoms with Crippen LogP contribution in [0.5, 0.6) is 0 Å². The number of carbonyl (C=O) groups excluding carboxylic acids is 1. The highest BCUT2D eigenvalue weighted by atomic mass is 32.2. The molecular weight excluding hydrogens is 352 g/mol. The molecule has 0 bridgehead atoms. The number of benzene rings is 1. The molecule has 2 heterocycles. The number of esters is 1. The van der Waals surface area contributed by atoms with Crippen molar-refractivity contribution >= 4 is 15.8 Å². The average Bonchev–Trinajstić information content (AvgIpc) is 3.16.